The van der Waals surface area contributed by atoms with E-state index >= 15 is 0 Å². The van der Waals surface area contributed by atoms with Crippen LogP contribution in [0.1, 0.15) is 31.7 Å². The zero-order valence-electron chi connectivity index (χ0n) is 16.7. The van der Waals surface area contributed by atoms with E-state index in [9.17, 15) is 9.59 Å². The van der Waals surface area contributed by atoms with Crippen molar-refractivity contribution < 1.29 is 14.3 Å². The van der Waals surface area contributed by atoms with Crippen LogP contribution in [0.15, 0.2) is 24.3 Å². The number of carbonyl (C=O) groups excluding carboxylic acids is 2. The maximum atomic E-state index is 12.6. The molecule has 1 N–H and O–H groups in total. The molecule has 10 nitrogen and oxygen atoms in total. The lowest BCUT2D eigenvalue weighted by atomic mass is 10.2. The lowest BCUT2D eigenvalue weighted by Gasteiger charge is -2.35. The summed E-state index contributed by atoms with van der Waals surface area (Å²) >= 11 is 0. The average molecular weight is 411 g/mol. The Bertz CT molecular complexity index is 911. The highest BCUT2D eigenvalue weighted by Crippen LogP contribution is 2.36. The number of hydrogen-bond acceptors (Lipinski definition) is 6. The quantitative estimate of drug-likeness (QED) is 0.818. The number of amides is 3. The number of aromatic nitrogens is 4. The van der Waals surface area contributed by atoms with Crippen LogP contribution in [0.3, 0.4) is 0 Å². The summed E-state index contributed by atoms with van der Waals surface area (Å²) in [4.78, 5) is 28.6. The van der Waals surface area contributed by atoms with Gasteiger partial charge in [0.1, 0.15) is 6.10 Å². The highest BCUT2D eigenvalue weighted by molar-refractivity contribution is 5.90. The molecule has 1 aliphatic carbocycles. The summed E-state index contributed by atoms with van der Waals surface area (Å²) in [7, 11) is 0. The van der Waals surface area contributed by atoms with Gasteiger partial charge in [-0.2, -0.15) is 0 Å². The normalized spacial score (nSPS) is 21.7. The minimum atomic E-state index is -0.301. The van der Waals surface area contributed by atoms with Gasteiger partial charge in [-0.3, -0.25) is 4.79 Å². The number of ether oxygens (including phenoxy) is 1. The molecule has 3 fully saturated rings. The van der Waals surface area contributed by atoms with Crippen LogP contribution >= 0.6 is 0 Å². The molecule has 1 saturated carbocycles. The maximum Gasteiger partial charge on any atom is 0.321 e. The first-order chi connectivity index (χ1) is 14.7. The molecule has 2 aliphatic heterocycles. The molecule has 5 rings (SSSR count). The Kier molecular flexibility index (Phi) is 5.07. The van der Waals surface area contributed by atoms with E-state index in [1.807, 2.05) is 28.9 Å². The number of carbonyl (C=O) groups is 2. The Labute approximate surface area is 174 Å². The second kappa shape index (κ2) is 8.02. The molecule has 3 amide bonds. The van der Waals surface area contributed by atoms with E-state index in [2.05, 4.69) is 20.8 Å². The molecule has 0 radical (unpaired) electrons. The summed E-state index contributed by atoms with van der Waals surface area (Å²) in [6.45, 7) is 2.76. The fraction of sp³-hybridized carbons (Fsp3) is 0.550. The van der Waals surface area contributed by atoms with Gasteiger partial charge in [-0.1, -0.05) is 0 Å². The summed E-state index contributed by atoms with van der Waals surface area (Å²) in [6, 6.07) is 7.79. The molecule has 1 aromatic carbocycles. The van der Waals surface area contributed by atoms with Crippen molar-refractivity contribution in [2.24, 2.45) is 0 Å². The van der Waals surface area contributed by atoms with Crippen LogP contribution in [-0.4, -0.2) is 80.8 Å². The van der Waals surface area contributed by atoms with Crippen molar-refractivity contribution in [3.8, 4) is 11.4 Å². The summed E-state index contributed by atoms with van der Waals surface area (Å²) in [5.74, 6) is 0.805. The van der Waals surface area contributed by atoms with Crippen molar-refractivity contribution in [3.05, 3.63) is 24.3 Å². The van der Waals surface area contributed by atoms with E-state index in [0.29, 0.717) is 44.5 Å². The summed E-state index contributed by atoms with van der Waals surface area (Å²) in [5.41, 5.74) is 1.64. The average Bonchev–Trinajstić information content (AvgIpc) is 3.27. The Balaban J connectivity index is 1.15. The molecule has 30 heavy (non-hydrogen) atoms. The van der Waals surface area contributed by atoms with Crippen molar-refractivity contribution in [1.29, 1.82) is 0 Å². The number of anilines is 1. The molecule has 0 spiro atoms. The topological polar surface area (TPSA) is 105 Å². The van der Waals surface area contributed by atoms with Gasteiger partial charge in [0.25, 0.3) is 5.91 Å². The van der Waals surface area contributed by atoms with Crippen molar-refractivity contribution >= 4 is 17.6 Å². The third-order valence-corrected chi connectivity index (χ3v) is 5.86. The molecule has 2 saturated heterocycles. The van der Waals surface area contributed by atoms with Crippen molar-refractivity contribution in [2.75, 3.05) is 38.1 Å². The molecule has 1 aromatic heterocycles. The number of rotatable bonds is 4. The van der Waals surface area contributed by atoms with Gasteiger partial charge in [-0.15, -0.1) is 5.10 Å². The Morgan fingerprint density at radius 1 is 1.00 bits per heavy atom. The van der Waals surface area contributed by atoms with Crippen LogP contribution in [0.25, 0.3) is 11.4 Å². The van der Waals surface area contributed by atoms with Gasteiger partial charge in [-0.05, 0) is 60.4 Å². The van der Waals surface area contributed by atoms with E-state index < -0.39 is 0 Å². The number of nitrogens with zero attached hydrogens (tertiary/aromatic N) is 6. The highest BCUT2D eigenvalue weighted by atomic mass is 16.5. The molecule has 0 bridgehead atoms. The summed E-state index contributed by atoms with van der Waals surface area (Å²) in [5, 5.41) is 14.9. The lowest BCUT2D eigenvalue weighted by molar-refractivity contribution is -0.142. The van der Waals surface area contributed by atoms with E-state index in [0.717, 1.165) is 37.1 Å². The molecule has 3 aliphatic rings. The zero-order valence-corrected chi connectivity index (χ0v) is 16.7. The third kappa shape index (κ3) is 3.87. The summed E-state index contributed by atoms with van der Waals surface area (Å²) < 4.78 is 7.35. The molecule has 1 atom stereocenters. The predicted octanol–water partition coefficient (Wildman–Crippen LogP) is 1.53. The second-order valence-electron chi connectivity index (χ2n) is 8.00. The van der Waals surface area contributed by atoms with E-state index in [4.69, 9.17) is 4.74 Å². The Morgan fingerprint density at radius 2 is 1.73 bits per heavy atom. The number of nitrogens with one attached hydrogen (secondary N) is 1. The smallest absolute Gasteiger partial charge is 0.321 e. The largest absolute Gasteiger partial charge is 0.368 e. The van der Waals surface area contributed by atoms with E-state index in [-0.39, 0.29) is 18.0 Å². The maximum absolute atomic E-state index is 12.6. The predicted molar refractivity (Wildman–Crippen MR) is 108 cm³/mol. The summed E-state index contributed by atoms with van der Waals surface area (Å²) in [6.07, 6.45) is 3.65. The van der Waals surface area contributed by atoms with Gasteiger partial charge in [0.05, 0.1) is 6.04 Å². The van der Waals surface area contributed by atoms with Gasteiger partial charge in [0.2, 0.25) is 0 Å². The lowest BCUT2D eigenvalue weighted by Crippen LogP contribution is -2.53. The van der Waals surface area contributed by atoms with Crippen LogP contribution in [-0.2, 0) is 9.53 Å². The number of hydrogen-bond donors (Lipinski definition) is 1. The fourth-order valence-electron chi connectivity index (χ4n) is 3.96. The monoisotopic (exact) mass is 411 g/mol. The molecular formula is C20H25N7O3. The standard InChI is InChI=1S/C20H25N7O3/c28-19(17-2-1-13-30-17)25-9-11-26(12-10-25)20(29)21-15-5-3-14(4-6-15)18-22-23-24-27(18)16-7-8-16/h3-6,16-17H,1-2,7-13H2,(H,21,29). The van der Waals surface area contributed by atoms with Crippen LogP contribution < -0.4 is 5.32 Å². The van der Waals surface area contributed by atoms with Crippen LogP contribution in [0.2, 0.25) is 0 Å². The fourth-order valence-corrected chi connectivity index (χ4v) is 3.96. The number of tetrazole rings is 1. The Hall–Kier alpha value is -3.01. The number of benzene rings is 1. The molecule has 1 unspecified atom stereocenters. The zero-order chi connectivity index (χ0) is 20.5. The van der Waals surface area contributed by atoms with Crippen molar-refractivity contribution in [1.82, 2.24) is 30.0 Å². The third-order valence-electron chi connectivity index (χ3n) is 5.86. The van der Waals surface area contributed by atoms with Gasteiger partial charge >= 0.3 is 6.03 Å². The van der Waals surface area contributed by atoms with E-state index in [1.54, 1.807) is 9.80 Å². The molecule has 10 heteroatoms. The first-order valence-electron chi connectivity index (χ1n) is 10.5. The van der Waals surface area contributed by atoms with Crippen LogP contribution in [0.4, 0.5) is 10.5 Å². The van der Waals surface area contributed by atoms with Gasteiger partial charge in [0.15, 0.2) is 5.82 Å². The van der Waals surface area contributed by atoms with Crippen molar-refractivity contribution in [3.63, 3.8) is 0 Å². The molecular weight excluding hydrogens is 386 g/mol. The van der Waals surface area contributed by atoms with Gasteiger partial charge in [0, 0.05) is 44.0 Å². The van der Waals surface area contributed by atoms with Crippen LogP contribution in [0, 0.1) is 0 Å². The van der Waals surface area contributed by atoms with Gasteiger partial charge in [-0.25, -0.2) is 9.48 Å². The highest BCUT2D eigenvalue weighted by Gasteiger charge is 2.31. The SMILES string of the molecule is O=C(Nc1ccc(-c2nnnn2C2CC2)cc1)N1CCN(C(=O)C2CCCO2)CC1. The first kappa shape index (κ1) is 19.0. The number of piperazine rings is 1. The van der Waals surface area contributed by atoms with Crippen LogP contribution in [0.5, 0.6) is 0 Å². The van der Waals surface area contributed by atoms with Crippen molar-refractivity contribution in [2.45, 2.75) is 37.8 Å². The molecule has 3 heterocycles. The molecule has 158 valence electrons. The number of urea groups is 1. The Morgan fingerprint density at radius 3 is 2.40 bits per heavy atom. The minimum Gasteiger partial charge on any atom is -0.368 e. The molecule has 2 aromatic rings. The van der Waals surface area contributed by atoms with Gasteiger partial charge < -0.3 is 19.9 Å². The first-order valence-corrected chi connectivity index (χ1v) is 10.5. The second-order valence-corrected chi connectivity index (χ2v) is 8.00. The minimum absolute atomic E-state index is 0.0525. The van der Waals surface area contributed by atoms with E-state index in [1.165, 1.54) is 0 Å².